The zero-order valence-electron chi connectivity index (χ0n) is 11.6. The van der Waals surface area contributed by atoms with Gasteiger partial charge in [0.15, 0.2) is 0 Å². The van der Waals surface area contributed by atoms with Crippen molar-refractivity contribution >= 4 is 41.9 Å². The average Bonchev–Trinajstić information content (AvgIpc) is 2.44. The summed E-state index contributed by atoms with van der Waals surface area (Å²) in [5, 5.41) is 9.46. The summed E-state index contributed by atoms with van der Waals surface area (Å²) in [6.07, 6.45) is 2.82. The molecule has 7 heteroatoms. The molecule has 0 aromatic heterocycles. The van der Waals surface area contributed by atoms with Crippen LogP contribution in [-0.2, 0) is 10.0 Å². The Hall–Kier alpha value is -0.420. The van der Waals surface area contributed by atoms with E-state index in [1.165, 1.54) is 6.07 Å². The fourth-order valence-corrected chi connectivity index (χ4v) is 5.37. The van der Waals surface area contributed by atoms with Gasteiger partial charge in [0.05, 0.1) is 11.0 Å². The lowest BCUT2D eigenvalue weighted by molar-refractivity contribution is 0.278. The summed E-state index contributed by atoms with van der Waals surface area (Å²) in [5.41, 5.74) is -0.993. The first kappa shape index (κ1) is 16.9. The lowest BCUT2D eigenvalue weighted by Gasteiger charge is -2.34. The highest BCUT2D eigenvalue weighted by Gasteiger charge is 2.38. The van der Waals surface area contributed by atoms with E-state index >= 15 is 0 Å². The second kappa shape index (κ2) is 6.37. The topological polar surface area (TPSA) is 70.0 Å². The van der Waals surface area contributed by atoms with Crippen LogP contribution in [0.4, 0.5) is 0 Å². The number of benzene rings is 1. The Labute approximate surface area is 142 Å². The summed E-state index contributed by atoms with van der Waals surface area (Å²) >= 11 is 6.53. The summed E-state index contributed by atoms with van der Waals surface area (Å²) in [6, 6.07) is 7.13. The molecule has 1 aliphatic carbocycles. The zero-order chi connectivity index (χ0) is 15.7. The highest BCUT2D eigenvalue weighted by atomic mass is 79.9. The molecule has 1 aromatic carbocycles. The Morgan fingerprint density at radius 3 is 2.52 bits per heavy atom. The number of nitriles is 1. The molecule has 21 heavy (non-hydrogen) atoms. The largest absolute Gasteiger partial charge is 0.243 e. The van der Waals surface area contributed by atoms with Crippen molar-refractivity contribution in [3.63, 3.8) is 0 Å². The van der Waals surface area contributed by atoms with Crippen LogP contribution in [0, 0.1) is 17.2 Å². The third-order valence-corrected chi connectivity index (χ3v) is 6.88. The number of hydrogen-bond donors (Lipinski definition) is 1. The van der Waals surface area contributed by atoms with Crippen molar-refractivity contribution in [3.8, 4) is 6.07 Å². The van der Waals surface area contributed by atoms with E-state index in [9.17, 15) is 13.7 Å². The van der Waals surface area contributed by atoms with E-state index in [2.05, 4.69) is 49.6 Å². The Bertz CT molecular complexity index is 675. The van der Waals surface area contributed by atoms with Gasteiger partial charge >= 0.3 is 0 Å². The molecule has 1 saturated carbocycles. The van der Waals surface area contributed by atoms with E-state index in [1.807, 2.05) is 0 Å². The number of nitrogens with zero attached hydrogens (tertiary/aromatic N) is 1. The van der Waals surface area contributed by atoms with Crippen molar-refractivity contribution in [2.75, 3.05) is 0 Å². The molecule has 1 aliphatic rings. The molecule has 0 spiro atoms. The Kier molecular flexibility index (Phi) is 5.14. The van der Waals surface area contributed by atoms with Crippen molar-refractivity contribution in [1.82, 2.24) is 4.72 Å². The van der Waals surface area contributed by atoms with E-state index in [0.717, 1.165) is 12.8 Å². The molecular formula is C14H16Br2N2O2S. The van der Waals surface area contributed by atoms with Gasteiger partial charge in [-0.05, 0) is 65.7 Å². The smallest absolute Gasteiger partial charge is 0.207 e. The van der Waals surface area contributed by atoms with Crippen molar-refractivity contribution < 1.29 is 8.42 Å². The quantitative estimate of drug-likeness (QED) is 0.780. The van der Waals surface area contributed by atoms with Gasteiger partial charge in [-0.3, -0.25) is 0 Å². The molecular weight excluding hydrogens is 420 g/mol. The maximum absolute atomic E-state index is 12.6. The number of halogens is 2. The number of nitrogens with one attached hydrogen (secondary N) is 1. The Morgan fingerprint density at radius 1 is 1.33 bits per heavy atom. The summed E-state index contributed by atoms with van der Waals surface area (Å²) in [7, 11) is -3.75. The molecule has 0 atom stereocenters. The van der Waals surface area contributed by atoms with Gasteiger partial charge in [0.2, 0.25) is 10.0 Å². The summed E-state index contributed by atoms with van der Waals surface area (Å²) in [4.78, 5) is 0.144. The van der Waals surface area contributed by atoms with Crippen LogP contribution in [0.15, 0.2) is 32.0 Å². The molecule has 114 valence electrons. The molecule has 0 saturated heterocycles. The zero-order valence-corrected chi connectivity index (χ0v) is 15.6. The van der Waals surface area contributed by atoms with E-state index in [-0.39, 0.29) is 4.90 Å². The van der Waals surface area contributed by atoms with E-state index in [1.54, 1.807) is 12.1 Å². The first-order valence-electron chi connectivity index (χ1n) is 6.68. The second-order valence-corrected chi connectivity index (χ2v) is 8.98. The van der Waals surface area contributed by atoms with Gasteiger partial charge in [-0.1, -0.05) is 22.9 Å². The average molecular weight is 436 g/mol. The summed E-state index contributed by atoms with van der Waals surface area (Å²) in [5.74, 6) is 0.536. The maximum atomic E-state index is 12.6. The standard InChI is InChI=1S/C14H16Br2N2O2S/c1-10-4-6-14(9-17,7-5-10)18-21(19,20)13-8-11(15)2-3-12(13)16/h2-3,8,10,18H,4-7H2,1H3. The minimum atomic E-state index is -3.75. The summed E-state index contributed by atoms with van der Waals surface area (Å²) < 4.78 is 29.0. The Morgan fingerprint density at radius 2 is 1.95 bits per heavy atom. The normalized spacial score (nSPS) is 26.3. The molecule has 1 N–H and O–H groups in total. The van der Waals surface area contributed by atoms with Crippen molar-refractivity contribution in [2.45, 2.75) is 43.0 Å². The van der Waals surface area contributed by atoms with Crippen molar-refractivity contribution in [3.05, 3.63) is 27.1 Å². The number of hydrogen-bond acceptors (Lipinski definition) is 3. The molecule has 0 heterocycles. The number of sulfonamides is 1. The van der Waals surface area contributed by atoms with Crippen LogP contribution >= 0.6 is 31.9 Å². The van der Waals surface area contributed by atoms with Gasteiger partial charge in [-0.25, -0.2) is 8.42 Å². The molecule has 4 nitrogen and oxygen atoms in total. The predicted molar refractivity (Wildman–Crippen MR) is 88.1 cm³/mol. The van der Waals surface area contributed by atoms with Crippen LogP contribution in [-0.4, -0.2) is 14.0 Å². The highest BCUT2D eigenvalue weighted by molar-refractivity contribution is 9.11. The minimum Gasteiger partial charge on any atom is -0.207 e. The molecule has 0 amide bonds. The van der Waals surface area contributed by atoms with Crippen LogP contribution in [0.25, 0.3) is 0 Å². The van der Waals surface area contributed by atoms with Crippen LogP contribution in [0.2, 0.25) is 0 Å². The highest BCUT2D eigenvalue weighted by Crippen LogP contribution is 2.34. The minimum absolute atomic E-state index is 0.144. The molecule has 0 unspecified atom stereocenters. The van der Waals surface area contributed by atoms with Crippen LogP contribution < -0.4 is 4.72 Å². The van der Waals surface area contributed by atoms with Gasteiger partial charge in [-0.15, -0.1) is 0 Å². The Balaban J connectivity index is 2.32. The monoisotopic (exact) mass is 434 g/mol. The van der Waals surface area contributed by atoms with Gasteiger partial charge in [0.1, 0.15) is 5.54 Å². The third-order valence-electron chi connectivity index (χ3n) is 3.85. The number of rotatable bonds is 3. The lowest BCUT2D eigenvalue weighted by atomic mass is 9.79. The van der Waals surface area contributed by atoms with Gasteiger partial charge in [0, 0.05) is 8.95 Å². The second-order valence-electron chi connectivity index (χ2n) is 5.56. The first-order chi connectivity index (χ1) is 9.78. The molecule has 0 aliphatic heterocycles. The van der Waals surface area contributed by atoms with Crippen molar-refractivity contribution in [2.24, 2.45) is 5.92 Å². The summed E-state index contributed by atoms with van der Waals surface area (Å²) in [6.45, 7) is 2.13. The SMILES string of the molecule is CC1CCC(C#N)(NS(=O)(=O)c2cc(Br)ccc2Br)CC1. The lowest BCUT2D eigenvalue weighted by Crippen LogP contribution is -2.49. The van der Waals surface area contributed by atoms with Crippen LogP contribution in [0.5, 0.6) is 0 Å². The van der Waals surface area contributed by atoms with Gasteiger partial charge in [-0.2, -0.15) is 9.98 Å². The molecule has 0 radical (unpaired) electrons. The van der Waals surface area contributed by atoms with Crippen LogP contribution in [0.1, 0.15) is 32.6 Å². The maximum Gasteiger partial charge on any atom is 0.243 e. The third kappa shape index (κ3) is 3.86. The molecule has 1 aromatic rings. The van der Waals surface area contributed by atoms with E-state index < -0.39 is 15.6 Å². The van der Waals surface area contributed by atoms with Gasteiger partial charge < -0.3 is 0 Å². The fraction of sp³-hybridized carbons (Fsp3) is 0.500. The van der Waals surface area contributed by atoms with Crippen molar-refractivity contribution in [1.29, 1.82) is 5.26 Å². The molecule has 2 rings (SSSR count). The molecule has 1 fully saturated rings. The first-order valence-corrected chi connectivity index (χ1v) is 9.75. The molecule has 0 bridgehead atoms. The fourth-order valence-electron chi connectivity index (χ4n) is 2.49. The van der Waals surface area contributed by atoms with Crippen LogP contribution in [0.3, 0.4) is 0 Å². The predicted octanol–water partition coefficient (Wildman–Crippen LogP) is 3.96. The van der Waals surface area contributed by atoms with E-state index in [4.69, 9.17) is 0 Å². The van der Waals surface area contributed by atoms with Gasteiger partial charge in [0.25, 0.3) is 0 Å². The van der Waals surface area contributed by atoms with E-state index in [0.29, 0.717) is 27.7 Å².